The molecule has 1 heterocycles. The predicted octanol–water partition coefficient (Wildman–Crippen LogP) is 2.84. The second-order valence-electron chi connectivity index (χ2n) is 5.72. The average molecular weight is 329 g/mol. The molecule has 1 aromatic carbocycles. The first kappa shape index (κ1) is 17.1. The molecular formula is C15H18F3N3O2. The number of carbonyl (C=O) groups excluding carboxylic acids is 2. The zero-order valence-corrected chi connectivity index (χ0v) is 12.8. The molecule has 0 aliphatic carbocycles. The topological polar surface area (TPSA) is 61.4 Å². The Bertz CT molecular complexity index is 602. The van der Waals surface area contributed by atoms with Gasteiger partial charge in [-0.3, -0.25) is 4.79 Å². The van der Waals surface area contributed by atoms with Crippen molar-refractivity contribution in [3.8, 4) is 0 Å². The number of amides is 3. The van der Waals surface area contributed by atoms with Gasteiger partial charge in [-0.15, -0.1) is 0 Å². The molecule has 0 saturated carbocycles. The van der Waals surface area contributed by atoms with Gasteiger partial charge in [0, 0.05) is 24.7 Å². The summed E-state index contributed by atoms with van der Waals surface area (Å²) in [6.45, 7) is 4.15. The summed E-state index contributed by atoms with van der Waals surface area (Å²) < 4.78 is 37.9. The minimum absolute atomic E-state index is 0.0424. The van der Waals surface area contributed by atoms with Gasteiger partial charge in [-0.25, -0.2) is 4.79 Å². The Morgan fingerprint density at radius 1 is 1.35 bits per heavy atom. The number of nitrogens with one attached hydrogen (secondary N) is 2. The summed E-state index contributed by atoms with van der Waals surface area (Å²) in [6, 6.07) is 3.44. The maximum atomic E-state index is 12.6. The molecule has 1 fully saturated rings. The lowest BCUT2D eigenvalue weighted by molar-refractivity contribution is -0.137. The molecule has 0 bridgehead atoms. The van der Waals surface area contributed by atoms with Crippen molar-refractivity contribution in [1.82, 2.24) is 10.2 Å². The zero-order chi connectivity index (χ0) is 17.2. The highest BCUT2D eigenvalue weighted by Gasteiger charge is 2.32. The largest absolute Gasteiger partial charge is 0.416 e. The standard InChI is InChI=1S/C15H18F3N3O2/c1-9(2)21-8-12(7-13(21)22)20-14(23)19-11-5-3-4-10(6-11)15(16,17)18/h3-6,9,12H,7-8H2,1-2H3,(H2,19,20,23). The number of alkyl halides is 3. The zero-order valence-electron chi connectivity index (χ0n) is 12.8. The quantitative estimate of drug-likeness (QED) is 0.896. The fourth-order valence-corrected chi connectivity index (χ4v) is 2.45. The van der Waals surface area contributed by atoms with Crippen LogP contribution in [-0.4, -0.2) is 35.5 Å². The highest BCUT2D eigenvalue weighted by atomic mass is 19.4. The monoisotopic (exact) mass is 329 g/mol. The van der Waals surface area contributed by atoms with E-state index in [0.717, 1.165) is 12.1 Å². The molecular weight excluding hydrogens is 311 g/mol. The van der Waals surface area contributed by atoms with Crippen LogP contribution in [0.5, 0.6) is 0 Å². The molecule has 0 radical (unpaired) electrons. The first-order chi connectivity index (χ1) is 10.7. The van der Waals surface area contributed by atoms with E-state index in [1.807, 2.05) is 13.8 Å². The number of rotatable bonds is 3. The Morgan fingerprint density at radius 2 is 2.04 bits per heavy atom. The summed E-state index contributed by atoms with van der Waals surface area (Å²) in [5.74, 6) is -0.0515. The second kappa shape index (κ2) is 6.47. The molecule has 0 aromatic heterocycles. The Labute approximate surface area is 131 Å². The summed E-state index contributed by atoms with van der Waals surface area (Å²) in [6.07, 6.45) is -4.28. The van der Waals surface area contributed by atoms with Gasteiger partial charge in [0.2, 0.25) is 5.91 Å². The molecule has 1 aliphatic heterocycles. The Kier molecular flexibility index (Phi) is 4.82. The van der Waals surface area contributed by atoms with E-state index in [4.69, 9.17) is 0 Å². The minimum Gasteiger partial charge on any atom is -0.338 e. The average Bonchev–Trinajstić information content (AvgIpc) is 2.78. The van der Waals surface area contributed by atoms with Gasteiger partial charge in [-0.2, -0.15) is 13.2 Å². The van der Waals surface area contributed by atoms with Crippen LogP contribution in [0.15, 0.2) is 24.3 Å². The maximum absolute atomic E-state index is 12.6. The minimum atomic E-state index is -4.47. The van der Waals surface area contributed by atoms with E-state index in [0.29, 0.717) is 6.54 Å². The van der Waals surface area contributed by atoms with E-state index in [2.05, 4.69) is 10.6 Å². The molecule has 8 heteroatoms. The van der Waals surface area contributed by atoms with E-state index < -0.39 is 17.8 Å². The molecule has 1 unspecified atom stereocenters. The van der Waals surface area contributed by atoms with Crippen LogP contribution in [0.1, 0.15) is 25.8 Å². The van der Waals surface area contributed by atoms with Gasteiger partial charge < -0.3 is 15.5 Å². The number of nitrogens with zero attached hydrogens (tertiary/aromatic N) is 1. The molecule has 1 saturated heterocycles. The van der Waals surface area contributed by atoms with Crippen LogP contribution in [0.3, 0.4) is 0 Å². The third kappa shape index (κ3) is 4.37. The lowest BCUT2D eigenvalue weighted by Gasteiger charge is -2.21. The fraction of sp³-hybridized carbons (Fsp3) is 0.467. The molecule has 126 valence electrons. The van der Waals surface area contributed by atoms with Gasteiger partial charge in [-0.1, -0.05) is 6.07 Å². The predicted molar refractivity (Wildman–Crippen MR) is 78.9 cm³/mol. The third-order valence-electron chi connectivity index (χ3n) is 3.56. The number of anilines is 1. The molecule has 0 spiro atoms. The van der Waals surface area contributed by atoms with Gasteiger partial charge in [0.15, 0.2) is 0 Å². The highest BCUT2D eigenvalue weighted by molar-refractivity contribution is 5.90. The van der Waals surface area contributed by atoms with Crippen LogP contribution in [0.4, 0.5) is 23.7 Å². The number of likely N-dealkylation sites (tertiary alicyclic amines) is 1. The number of halogens is 3. The van der Waals surface area contributed by atoms with Gasteiger partial charge >= 0.3 is 12.2 Å². The maximum Gasteiger partial charge on any atom is 0.416 e. The molecule has 2 N–H and O–H groups in total. The fourth-order valence-electron chi connectivity index (χ4n) is 2.45. The summed E-state index contributed by atoms with van der Waals surface area (Å²) in [5.41, 5.74) is -0.792. The second-order valence-corrected chi connectivity index (χ2v) is 5.72. The lowest BCUT2D eigenvalue weighted by atomic mass is 10.2. The van der Waals surface area contributed by atoms with Crippen LogP contribution >= 0.6 is 0 Å². The van der Waals surface area contributed by atoms with Crippen LogP contribution in [0.2, 0.25) is 0 Å². The molecule has 23 heavy (non-hydrogen) atoms. The summed E-state index contributed by atoms with van der Waals surface area (Å²) in [4.78, 5) is 25.3. The van der Waals surface area contributed by atoms with Gasteiger partial charge in [0.1, 0.15) is 0 Å². The van der Waals surface area contributed by atoms with E-state index in [-0.39, 0.29) is 30.1 Å². The van der Waals surface area contributed by atoms with Crippen molar-refractivity contribution < 1.29 is 22.8 Å². The molecule has 5 nitrogen and oxygen atoms in total. The van der Waals surface area contributed by atoms with E-state index in [9.17, 15) is 22.8 Å². The summed E-state index contributed by atoms with van der Waals surface area (Å²) >= 11 is 0. The molecule has 2 rings (SSSR count). The first-order valence-corrected chi connectivity index (χ1v) is 7.21. The summed E-state index contributed by atoms with van der Waals surface area (Å²) in [5, 5.41) is 4.97. The lowest BCUT2D eigenvalue weighted by Crippen LogP contribution is -2.40. The van der Waals surface area contributed by atoms with Gasteiger partial charge in [-0.05, 0) is 32.0 Å². The molecule has 1 atom stereocenters. The van der Waals surface area contributed by atoms with Crippen molar-refractivity contribution in [3.63, 3.8) is 0 Å². The van der Waals surface area contributed by atoms with Crippen molar-refractivity contribution in [3.05, 3.63) is 29.8 Å². The van der Waals surface area contributed by atoms with Crippen LogP contribution in [-0.2, 0) is 11.0 Å². The molecule has 1 aliphatic rings. The SMILES string of the molecule is CC(C)N1CC(NC(=O)Nc2cccc(C(F)(F)F)c2)CC1=O. The van der Waals surface area contributed by atoms with Crippen molar-refractivity contribution in [1.29, 1.82) is 0 Å². The van der Waals surface area contributed by atoms with Crippen molar-refractivity contribution in [2.75, 3.05) is 11.9 Å². The number of benzene rings is 1. The third-order valence-corrected chi connectivity index (χ3v) is 3.56. The number of hydrogen-bond acceptors (Lipinski definition) is 2. The van der Waals surface area contributed by atoms with E-state index >= 15 is 0 Å². The van der Waals surface area contributed by atoms with Crippen LogP contribution in [0, 0.1) is 0 Å². The van der Waals surface area contributed by atoms with Gasteiger partial charge in [0.05, 0.1) is 11.6 Å². The van der Waals surface area contributed by atoms with Crippen molar-refractivity contribution in [2.24, 2.45) is 0 Å². The summed E-state index contributed by atoms with van der Waals surface area (Å²) in [7, 11) is 0. The number of urea groups is 1. The Hall–Kier alpha value is -2.25. The smallest absolute Gasteiger partial charge is 0.338 e. The van der Waals surface area contributed by atoms with E-state index in [1.165, 1.54) is 12.1 Å². The van der Waals surface area contributed by atoms with Crippen LogP contribution in [0.25, 0.3) is 0 Å². The Balaban J connectivity index is 1.95. The van der Waals surface area contributed by atoms with E-state index in [1.54, 1.807) is 4.90 Å². The first-order valence-electron chi connectivity index (χ1n) is 7.21. The van der Waals surface area contributed by atoms with Crippen molar-refractivity contribution in [2.45, 2.75) is 38.5 Å². The Morgan fingerprint density at radius 3 is 2.61 bits per heavy atom. The van der Waals surface area contributed by atoms with Crippen molar-refractivity contribution >= 4 is 17.6 Å². The highest BCUT2D eigenvalue weighted by Crippen LogP contribution is 2.30. The number of hydrogen-bond donors (Lipinski definition) is 2. The molecule has 1 aromatic rings. The normalized spacial score (nSPS) is 18.4. The van der Waals surface area contributed by atoms with Gasteiger partial charge in [0.25, 0.3) is 0 Å². The number of carbonyl (C=O) groups is 2. The molecule has 3 amide bonds. The van der Waals surface area contributed by atoms with Crippen LogP contribution < -0.4 is 10.6 Å².